The maximum absolute atomic E-state index is 11.0. The smallest absolute Gasteiger partial charge is 0.135 e. The van der Waals surface area contributed by atoms with Gasteiger partial charge in [0, 0.05) is 18.2 Å². The zero-order valence-corrected chi connectivity index (χ0v) is 10.9. The molecule has 0 saturated heterocycles. The Labute approximate surface area is 105 Å². The fraction of sp³-hybridized carbons (Fsp3) is 0.286. The molecule has 0 unspecified atom stereocenters. The van der Waals surface area contributed by atoms with E-state index >= 15 is 0 Å². The molecule has 0 N–H and O–H groups in total. The van der Waals surface area contributed by atoms with Gasteiger partial charge in [-0.05, 0) is 25.0 Å². The van der Waals surface area contributed by atoms with Crippen LogP contribution in [-0.4, -0.2) is 10.8 Å². The summed E-state index contributed by atoms with van der Waals surface area (Å²) in [5.74, 6) is 0.165. The number of Topliss-reactive ketones (excluding diaryl/α,β-unsaturated/α-hetero) is 1. The lowest BCUT2D eigenvalue weighted by molar-refractivity contribution is -0.116. The van der Waals surface area contributed by atoms with Crippen molar-refractivity contribution in [3.05, 3.63) is 51.5 Å². The Morgan fingerprint density at radius 2 is 2.12 bits per heavy atom. The van der Waals surface area contributed by atoms with Crippen molar-refractivity contribution in [2.75, 3.05) is 0 Å². The highest BCUT2D eigenvalue weighted by Crippen LogP contribution is 2.17. The summed E-state index contributed by atoms with van der Waals surface area (Å²) in [5, 5.41) is 3.06. The number of carbonyl (C=O) groups is 1. The molecule has 0 aliphatic heterocycles. The van der Waals surface area contributed by atoms with Gasteiger partial charge < -0.3 is 0 Å². The quantitative estimate of drug-likeness (QED) is 0.828. The zero-order valence-electron chi connectivity index (χ0n) is 10.1. The van der Waals surface area contributed by atoms with E-state index < -0.39 is 0 Å². The molecule has 1 aromatic carbocycles. The van der Waals surface area contributed by atoms with Crippen molar-refractivity contribution in [3.8, 4) is 0 Å². The second kappa shape index (κ2) is 5.23. The Balaban J connectivity index is 2.12. The molecule has 0 amide bonds. The van der Waals surface area contributed by atoms with Crippen molar-refractivity contribution in [1.29, 1.82) is 0 Å². The first kappa shape index (κ1) is 12.0. The third-order valence-electron chi connectivity index (χ3n) is 2.63. The zero-order chi connectivity index (χ0) is 12.3. The second-order valence-corrected chi connectivity index (χ2v) is 5.16. The van der Waals surface area contributed by atoms with E-state index in [1.807, 2.05) is 17.5 Å². The summed E-state index contributed by atoms with van der Waals surface area (Å²) in [6.45, 7) is 3.71. The molecule has 1 aromatic heterocycles. The molecule has 2 aromatic rings. The van der Waals surface area contributed by atoms with Crippen molar-refractivity contribution < 1.29 is 4.79 Å². The largest absolute Gasteiger partial charge is 0.300 e. The van der Waals surface area contributed by atoms with Crippen LogP contribution >= 0.6 is 11.3 Å². The fourth-order valence-corrected chi connectivity index (χ4v) is 2.55. The lowest BCUT2D eigenvalue weighted by Gasteiger charge is -2.02. The minimum Gasteiger partial charge on any atom is -0.300 e. The molecule has 2 nitrogen and oxygen atoms in total. The molecule has 0 aliphatic rings. The Bertz CT molecular complexity index is 531. The van der Waals surface area contributed by atoms with Crippen molar-refractivity contribution in [2.24, 2.45) is 0 Å². The normalized spacial score (nSPS) is 10.5. The van der Waals surface area contributed by atoms with E-state index in [4.69, 9.17) is 0 Å². The predicted octanol–water partition coefficient (Wildman–Crippen LogP) is 3.17. The number of carbonyl (C=O) groups excluding carboxylic acids is 1. The van der Waals surface area contributed by atoms with Gasteiger partial charge in [0.05, 0.1) is 10.7 Å². The van der Waals surface area contributed by atoms with Crippen LogP contribution in [0.25, 0.3) is 0 Å². The highest BCUT2D eigenvalue weighted by atomic mass is 32.1. The van der Waals surface area contributed by atoms with Crippen LogP contribution in [0, 0.1) is 6.92 Å². The summed E-state index contributed by atoms with van der Waals surface area (Å²) in [4.78, 5) is 15.5. The number of hydrogen-bond acceptors (Lipinski definition) is 3. The third kappa shape index (κ3) is 3.24. The molecule has 0 radical (unpaired) electrons. The molecule has 1 heterocycles. The summed E-state index contributed by atoms with van der Waals surface area (Å²) in [6.07, 6.45) is 1.31. The molecule has 2 rings (SSSR count). The molecule has 0 spiro atoms. The maximum Gasteiger partial charge on any atom is 0.135 e. The highest BCUT2D eigenvalue weighted by Gasteiger charge is 2.06. The minimum atomic E-state index is 0.165. The van der Waals surface area contributed by atoms with Crippen molar-refractivity contribution in [2.45, 2.75) is 26.7 Å². The monoisotopic (exact) mass is 245 g/mol. The SMILES string of the molecule is CC(=O)Cc1csc(Cc2ccccc2C)n1. The van der Waals surface area contributed by atoms with Gasteiger partial charge in [0.1, 0.15) is 5.78 Å². The van der Waals surface area contributed by atoms with E-state index in [9.17, 15) is 4.79 Å². The first-order valence-electron chi connectivity index (χ1n) is 5.62. The van der Waals surface area contributed by atoms with Gasteiger partial charge in [-0.25, -0.2) is 4.98 Å². The van der Waals surface area contributed by atoms with E-state index in [1.165, 1.54) is 11.1 Å². The molecule has 0 fully saturated rings. The minimum absolute atomic E-state index is 0.165. The lowest BCUT2D eigenvalue weighted by atomic mass is 10.1. The Morgan fingerprint density at radius 3 is 2.82 bits per heavy atom. The van der Waals surface area contributed by atoms with Gasteiger partial charge >= 0.3 is 0 Å². The van der Waals surface area contributed by atoms with Gasteiger partial charge in [-0.2, -0.15) is 0 Å². The van der Waals surface area contributed by atoms with Crippen molar-refractivity contribution in [1.82, 2.24) is 4.98 Å². The third-order valence-corrected chi connectivity index (χ3v) is 3.53. The van der Waals surface area contributed by atoms with Gasteiger partial charge in [0.25, 0.3) is 0 Å². The summed E-state index contributed by atoms with van der Waals surface area (Å²) in [5.41, 5.74) is 3.48. The highest BCUT2D eigenvalue weighted by molar-refractivity contribution is 7.09. The number of nitrogens with zero attached hydrogens (tertiary/aromatic N) is 1. The number of benzene rings is 1. The molecule has 3 heteroatoms. The summed E-state index contributed by atoms with van der Waals surface area (Å²) in [7, 11) is 0. The van der Waals surface area contributed by atoms with Crippen LogP contribution in [-0.2, 0) is 17.6 Å². The van der Waals surface area contributed by atoms with Gasteiger partial charge in [-0.15, -0.1) is 11.3 Å². The fourth-order valence-electron chi connectivity index (χ4n) is 1.74. The number of ketones is 1. The van der Waals surface area contributed by atoms with Gasteiger partial charge in [0.15, 0.2) is 0 Å². The van der Waals surface area contributed by atoms with Crippen LogP contribution in [0.1, 0.15) is 28.8 Å². The molecular weight excluding hydrogens is 230 g/mol. The number of aromatic nitrogens is 1. The standard InChI is InChI=1S/C14H15NOS/c1-10-5-3-4-6-12(10)8-14-15-13(9-17-14)7-11(2)16/h3-6,9H,7-8H2,1-2H3. The number of aryl methyl sites for hydroxylation is 1. The van der Waals surface area contributed by atoms with E-state index in [2.05, 4.69) is 24.0 Å². The average molecular weight is 245 g/mol. The molecular formula is C14H15NOS. The van der Waals surface area contributed by atoms with Crippen molar-refractivity contribution >= 4 is 17.1 Å². The molecule has 0 atom stereocenters. The number of rotatable bonds is 4. The molecule has 0 saturated carbocycles. The molecule has 0 aliphatic carbocycles. The average Bonchev–Trinajstić information content (AvgIpc) is 2.68. The van der Waals surface area contributed by atoms with Crippen LogP contribution in [0.4, 0.5) is 0 Å². The van der Waals surface area contributed by atoms with E-state index in [1.54, 1.807) is 18.3 Å². The van der Waals surface area contributed by atoms with E-state index in [-0.39, 0.29) is 5.78 Å². The molecule has 17 heavy (non-hydrogen) atoms. The van der Waals surface area contributed by atoms with Gasteiger partial charge in [-0.1, -0.05) is 24.3 Å². The topological polar surface area (TPSA) is 30.0 Å². The van der Waals surface area contributed by atoms with Gasteiger partial charge in [0.2, 0.25) is 0 Å². The lowest BCUT2D eigenvalue weighted by Crippen LogP contribution is -1.97. The second-order valence-electron chi connectivity index (χ2n) is 4.21. The van der Waals surface area contributed by atoms with Crippen LogP contribution in [0.5, 0.6) is 0 Å². The van der Waals surface area contributed by atoms with Crippen LogP contribution in [0.15, 0.2) is 29.6 Å². The first-order chi connectivity index (χ1) is 8.15. The maximum atomic E-state index is 11.0. The van der Waals surface area contributed by atoms with E-state index in [0.29, 0.717) is 6.42 Å². The summed E-state index contributed by atoms with van der Waals surface area (Å²) in [6, 6.07) is 8.33. The molecule has 0 bridgehead atoms. The Kier molecular flexibility index (Phi) is 3.69. The first-order valence-corrected chi connectivity index (χ1v) is 6.50. The summed E-state index contributed by atoms with van der Waals surface area (Å²) < 4.78 is 0. The predicted molar refractivity (Wildman–Crippen MR) is 70.5 cm³/mol. The van der Waals surface area contributed by atoms with Crippen molar-refractivity contribution in [3.63, 3.8) is 0 Å². The Hall–Kier alpha value is -1.48. The van der Waals surface area contributed by atoms with Crippen LogP contribution in [0.2, 0.25) is 0 Å². The Morgan fingerprint density at radius 1 is 1.35 bits per heavy atom. The van der Waals surface area contributed by atoms with Crippen LogP contribution in [0.3, 0.4) is 0 Å². The van der Waals surface area contributed by atoms with E-state index in [0.717, 1.165) is 17.1 Å². The number of thiazole rings is 1. The number of hydrogen-bond donors (Lipinski definition) is 0. The summed E-state index contributed by atoms with van der Waals surface area (Å²) >= 11 is 1.63. The van der Waals surface area contributed by atoms with Gasteiger partial charge in [-0.3, -0.25) is 4.79 Å². The molecule has 88 valence electrons. The van der Waals surface area contributed by atoms with Crippen LogP contribution < -0.4 is 0 Å².